The van der Waals surface area contributed by atoms with Crippen molar-refractivity contribution in [3.63, 3.8) is 0 Å². The van der Waals surface area contributed by atoms with Gasteiger partial charge in [0.25, 0.3) is 5.91 Å². The number of nitrogens with zero attached hydrogens (tertiary/aromatic N) is 2. The van der Waals surface area contributed by atoms with Crippen LogP contribution in [0.3, 0.4) is 0 Å². The van der Waals surface area contributed by atoms with Crippen molar-refractivity contribution in [1.82, 2.24) is 15.5 Å². The summed E-state index contributed by atoms with van der Waals surface area (Å²) in [5.41, 5.74) is -0.152. The zero-order valence-electron chi connectivity index (χ0n) is 23.2. The van der Waals surface area contributed by atoms with Crippen molar-refractivity contribution in [2.24, 2.45) is 4.99 Å². The van der Waals surface area contributed by atoms with E-state index in [0.717, 1.165) is 17.2 Å². The molecule has 4 rings (SSSR count). The van der Waals surface area contributed by atoms with E-state index in [4.69, 9.17) is 4.74 Å². The van der Waals surface area contributed by atoms with Crippen LogP contribution in [0.5, 0.6) is 0 Å². The second kappa shape index (κ2) is 11.1. The molecule has 2 amide bonds. The highest BCUT2D eigenvalue weighted by atomic mass is 19.4. The van der Waals surface area contributed by atoms with Gasteiger partial charge in [-0.2, -0.15) is 13.2 Å². The number of aliphatic imine (C=N–C) groups is 1. The van der Waals surface area contributed by atoms with Crippen molar-refractivity contribution in [1.29, 1.82) is 0 Å². The second-order valence-corrected chi connectivity index (χ2v) is 11.3. The molecule has 0 fully saturated rings. The first-order valence-corrected chi connectivity index (χ1v) is 13.3. The van der Waals surface area contributed by atoms with E-state index in [1.54, 1.807) is 26.8 Å². The summed E-state index contributed by atoms with van der Waals surface area (Å²) in [6.07, 6.45) is 2.27. The highest BCUT2D eigenvalue weighted by Crippen LogP contribution is 2.35. The maximum absolute atomic E-state index is 14.7. The van der Waals surface area contributed by atoms with Gasteiger partial charge in [-0.3, -0.25) is 9.79 Å². The lowest BCUT2D eigenvalue weighted by Gasteiger charge is -2.29. The van der Waals surface area contributed by atoms with Gasteiger partial charge in [-0.05, 0) is 77.2 Å². The first-order valence-electron chi connectivity index (χ1n) is 13.3. The highest BCUT2D eigenvalue weighted by molar-refractivity contribution is 6.22. The lowest BCUT2D eigenvalue weighted by molar-refractivity contribution is -0.140. The van der Waals surface area contributed by atoms with Crippen LogP contribution in [0, 0.1) is 5.82 Å². The molecule has 1 aromatic rings. The van der Waals surface area contributed by atoms with Gasteiger partial charge in [0.15, 0.2) is 0 Å². The number of fused-ring (bicyclic) bond motifs is 1. The van der Waals surface area contributed by atoms with Gasteiger partial charge in [-0.15, -0.1) is 0 Å². The third-order valence-corrected chi connectivity index (χ3v) is 6.81. The highest BCUT2D eigenvalue weighted by Gasteiger charge is 2.36. The molecule has 1 aliphatic carbocycles. The predicted octanol–water partition coefficient (Wildman–Crippen LogP) is 5.95. The smallest absolute Gasteiger partial charge is 0.419 e. The Morgan fingerprint density at radius 3 is 2.55 bits per heavy atom. The molecule has 11 heteroatoms. The molecule has 1 aromatic carbocycles. The fourth-order valence-corrected chi connectivity index (χ4v) is 4.96. The lowest BCUT2D eigenvalue weighted by Crippen LogP contribution is -2.40. The number of nitrogens with one attached hydrogen (secondary N) is 2. The number of carbonyl (C=O) groups excluding carboxylic acids is 2. The Morgan fingerprint density at radius 2 is 1.93 bits per heavy atom. The van der Waals surface area contributed by atoms with Gasteiger partial charge < -0.3 is 20.3 Å². The van der Waals surface area contributed by atoms with E-state index in [1.165, 1.54) is 13.0 Å². The Kier molecular flexibility index (Phi) is 8.14. The number of halogens is 4. The van der Waals surface area contributed by atoms with Crippen LogP contribution in [0.1, 0.15) is 71.0 Å². The van der Waals surface area contributed by atoms with Crippen molar-refractivity contribution in [2.75, 3.05) is 6.54 Å². The molecule has 216 valence electrons. The minimum atomic E-state index is -4.85. The van der Waals surface area contributed by atoms with Crippen molar-refractivity contribution >= 4 is 17.8 Å². The summed E-state index contributed by atoms with van der Waals surface area (Å²) >= 11 is 0. The zero-order chi connectivity index (χ0) is 29.4. The first kappa shape index (κ1) is 29.4. The largest absolute Gasteiger partial charge is 0.444 e. The minimum Gasteiger partial charge on any atom is -0.444 e. The number of amidine groups is 1. The van der Waals surface area contributed by atoms with Gasteiger partial charge in [0.2, 0.25) is 0 Å². The standard InChI is InChI=1S/C29H34F4N4O3/c1-16-14-37-15-19(18-9-11-20(12-10-18)36-27(39)40-28(3,4)5)13-22(25(37)34-16)26(38)35-17(2)21-7-6-8-23(24(21)30)29(31,32)33/h6-9,13,15-17,20H,10-12,14H2,1-5H3,(H,35,38)(H,36,39)/t16-,17-,20?/m1/s1. The Bertz CT molecular complexity index is 1310. The molecule has 2 N–H and O–H groups in total. The van der Waals surface area contributed by atoms with Crippen molar-refractivity contribution in [3.8, 4) is 0 Å². The molecule has 0 radical (unpaired) electrons. The average Bonchev–Trinajstić information content (AvgIpc) is 3.22. The normalized spacial score (nSPS) is 21.9. The number of carbonyl (C=O) groups is 2. The number of hydrogen-bond acceptors (Lipinski definition) is 5. The van der Waals surface area contributed by atoms with Crippen molar-refractivity contribution in [3.05, 3.63) is 70.2 Å². The Hall–Kier alpha value is -3.63. The summed E-state index contributed by atoms with van der Waals surface area (Å²) in [5.74, 6) is -1.50. The topological polar surface area (TPSA) is 83.0 Å². The van der Waals surface area contributed by atoms with Crippen LogP contribution >= 0.6 is 0 Å². The predicted molar refractivity (Wildman–Crippen MR) is 143 cm³/mol. The van der Waals surface area contributed by atoms with E-state index >= 15 is 0 Å². The number of alkyl halides is 3. The summed E-state index contributed by atoms with van der Waals surface area (Å²) in [4.78, 5) is 32.0. The van der Waals surface area contributed by atoms with E-state index in [1.807, 2.05) is 24.1 Å². The third kappa shape index (κ3) is 6.74. The molecule has 3 aliphatic rings. The van der Waals surface area contributed by atoms with Crippen LogP contribution in [-0.2, 0) is 15.7 Å². The monoisotopic (exact) mass is 562 g/mol. The number of amides is 2. The fourth-order valence-electron chi connectivity index (χ4n) is 4.96. The summed E-state index contributed by atoms with van der Waals surface area (Å²) in [6.45, 7) is 9.33. The van der Waals surface area contributed by atoms with Crippen LogP contribution in [-0.4, -0.2) is 47.0 Å². The van der Waals surface area contributed by atoms with E-state index in [-0.39, 0.29) is 23.2 Å². The molecular formula is C29H34F4N4O3. The number of alkyl carbamates (subject to hydrolysis) is 1. The quantitative estimate of drug-likeness (QED) is 0.435. The zero-order valence-corrected chi connectivity index (χ0v) is 23.2. The van der Waals surface area contributed by atoms with Gasteiger partial charge in [0.05, 0.1) is 23.2 Å². The molecule has 0 saturated heterocycles. The number of allylic oxidation sites excluding steroid dienone is 3. The number of rotatable bonds is 5. The summed E-state index contributed by atoms with van der Waals surface area (Å²) in [7, 11) is 0. The molecule has 0 bridgehead atoms. The van der Waals surface area contributed by atoms with Gasteiger partial charge in [-0.1, -0.05) is 18.2 Å². The summed E-state index contributed by atoms with van der Waals surface area (Å²) in [6, 6.07) is 1.85. The van der Waals surface area contributed by atoms with Crippen LogP contribution < -0.4 is 10.6 Å². The average molecular weight is 563 g/mol. The minimum absolute atomic E-state index is 0.0668. The molecule has 2 heterocycles. The van der Waals surface area contributed by atoms with Crippen LogP contribution in [0.15, 0.2) is 58.3 Å². The molecule has 0 spiro atoms. The van der Waals surface area contributed by atoms with E-state index in [0.29, 0.717) is 37.7 Å². The maximum atomic E-state index is 14.7. The third-order valence-electron chi connectivity index (χ3n) is 6.81. The lowest BCUT2D eigenvalue weighted by atomic mass is 9.88. The van der Waals surface area contributed by atoms with Crippen molar-refractivity contribution < 1.29 is 31.9 Å². The van der Waals surface area contributed by atoms with Crippen LogP contribution in [0.25, 0.3) is 0 Å². The molecular weight excluding hydrogens is 528 g/mol. The van der Waals surface area contributed by atoms with E-state index < -0.39 is 41.2 Å². The molecule has 7 nitrogen and oxygen atoms in total. The van der Waals surface area contributed by atoms with E-state index in [9.17, 15) is 27.2 Å². The SMILES string of the molecule is C[C@@H]1CN2C=C(C3=CCC(NC(=O)OC(C)(C)C)CC3)C=C(C(=O)N[C@H](C)c3cccc(C(F)(F)F)c3F)C2=N1. The summed E-state index contributed by atoms with van der Waals surface area (Å²) in [5, 5.41) is 5.54. The van der Waals surface area contributed by atoms with Crippen LogP contribution in [0.2, 0.25) is 0 Å². The van der Waals surface area contributed by atoms with Gasteiger partial charge >= 0.3 is 12.3 Å². The van der Waals surface area contributed by atoms with Crippen LogP contribution in [0.4, 0.5) is 22.4 Å². The second-order valence-electron chi connectivity index (χ2n) is 11.3. The molecule has 0 saturated carbocycles. The van der Waals surface area contributed by atoms with Gasteiger partial charge in [0.1, 0.15) is 17.3 Å². The Morgan fingerprint density at radius 1 is 1.20 bits per heavy atom. The molecule has 3 atom stereocenters. The molecule has 0 aromatic heterocycles. The molecule has 40 heavy (non-hydrogen) atoms. The molecule has 2 aliphatic heterocycles. The first-order chi connectivity index (χ1) is 18.6. The van der Waals surface area contributed by atoms with Crippen molar-refractivity contribution in [2.45, 2.75) is 83.8 Å². The Labute approximate surface area is 231 Å². The Balaban J connectivity index is 1.52. The number of ether oxygens (including phenoxy) is 1. The fraction of sp³-hybridized carbons (Fsp3) is 0.483. The molecule has 1 unspecified atom stereocenters. The van der Waals surface area contributed by atoms with E-state index in [2.05, 4.69) is 15.6 Å². The number of hydrogen-bond donors (Lipinski definition) is 2. The van der Waals surface area contributed by atoms with Gasteiger partial charge in [0, 0.05) is 24.4 Å². The van der Waals surface area contributed by atoms with Gasteiger partial charge in [-0.25, -0.2) is 9.18 Å². The summed E-state index contributed by atoms with van der Waals surface area (Å²) < 4.78 is 59.7. The maximum Gasteiger partial charge on any atom is 0.419 e. The number of benzene rings is 1.